The second-order valence-electron chi connectivity index (χ2n) is 6.38. The molecule has 1 rings (SSSR count). The Morgan fingerprint density at radius 1 is 1.32 bits per heavy atom. The van der Waals surface area contributed by atoms with Crippen LogP contribution in [0, 0.1) is 11.8 Å². The number of carbonyl (C=O) groups excluding carboxylic acids is 1. The van der Waals surface area contributed by atoms with Gasteiger partial charge in [0.15, 0.2) is 0 Å². The van der Waals surface area contributed by atoms with Gasteiger partial charge in [-0.15, -0.1) is 0 Å². The SMILES string of the molecule is CC(C)C(C)(CC(=O)O)NC(=O)CCC1CCCC1. The largest absolute Gasteiger partial charge is 0.481 e. The number of hydrogen-bond acceptors (Lipinski definition) is 2. The zero-order chi connectivity index (χ0) is 14.5. The Morgan fingerprint density at radius 3 is 2.37 bits per heavy atom. The van der Waals surface area contributed by atoms with Crippen LogP contribution in [0.2, 0.25) is 0 Å². The summed E-state index contributed by atoms with van der Waals surface area (Å²) in [6, 6.07) is 0. The third-order valence-corrected chi connectivity index (χ3v) is 4.47. The average Bonchev–Trinajstić information content (AvgIpc) is 2.77. The van der Waals surface area contributed by atoms with Crippen LogP contribution >= 0.6 is 0 Å². The van der Waals surface area contributed by atoms with Gasteiger partial charge in [-0.25, -0.2) is 0 Å². The lowest BCUT2D eigenvalue weighted by Crippen LogP contribution is -2.51. The molecule has 0 spiro atoms. The van der Waals surface area contributed by atoms with Crippen LogP contribution in [0.15, 0.2) is 0 Å². The molecule has 0 radical (unpaired) electrons. The van der Waals surface area contributed by atoms with Crippen LogP contribution in [0.5, 0.6) is 0 Å². The van der Waals surface area contributed by atoms with Crippen molar-refractivity contribution in [2.24, 2.45) is 11.8 Å². The van der Waals surface area contributed by atoms with Crippen molar-refractivity contribution < 1.29 is 14.7 Å². The number of carbonyl (C=O) groups is 2. The third kappa shape index (κ3) is 5.21. The van der Waals surface area contributed by atoms with Crippen molar-refractivity contribution in [3.8, 4) is 0 Å². The Morgan fingerprint density at radius 2 is 1.89 bits per heavy atom. The Bertz CT molecular complexity index is 321. The number of carboxylic acid groups (broad SMARTS) is 1. The number of aliphatic carboxylic acids is 1. The van der Waals surface area contributed by atoms with Crippen molar-refractivity contribution in [1.29, 1.82) is 0 Å². The van der Waals surface area contributed by atoms with Gasteiger partial charge >= 0.3 is 5.97 Å². The Kier molecular flexibility index (Phi) is 5.83. The van der Waals surface area contributed by atoms with E-state index in [4.69, 9.17) is 5.11 Å². The van der Waals surface area contributed by atoms with Crippen LogP contribution in [0.1, 0.15) is 65.7 Å². The van der Waals surface area contributed by atoms with Gasteiger partial charge in [-0.1, -0.05) is 39.5 Å². The van der Waals surface area contributed by atoms with Gasteiger partial charge in [0.1, 0.15) is 0 Å². The van der Waals surface area contributed by atoms with E-state index in [1.54, 1.807) is 0 Å². The molecule has 0 bridgehead atoms. The van der Waals surface area contributed by atoms with E-state index >= 15 is 0 Å². The summed E-state index contributed by atoms with van der Waals surface area (Å²) in [5.74, 6) is -0.0915. The first-order valence-electron chi connectivity index (χ1n) is 7.36. The minimum atomic E-state index is -0.868. The Labute approximate surface area is 116 Å². The molecule has 1 aliphatic carbocycles. The van der Waals surface area contributed by atoms with E-state index in [1.807, 2.05) is 20.8 Å². The minimum absolute atomic E-state index is 0.00986. The number of amides is 1. The molecule has 0 aromatic heterocycles. The molecule has 1 aliphatic rings. The molecule has 1 saturated carbocycles. The minimum Gasteiger partial charge on any atom is -0.481 e. The summed E-state index contributed by atoms with van der Waals surface area (Å²) in [5.41, 5.74) is -0.654. The Hall–Kier alpha value is -1.06. The van der Waals surface area contributed by atoms with E-state index in [0.717, 1.165) is 6.42 Å². The molecule has 110 valence electrons. The topological polar surface area (TPSA) is 66.4 Å². The monoisotopic (exact) mass is 269 g/mol. The first kappa shape index (κ1) is 16.0. The molecule has 0 aromatic rings. The van der Waals surface area contributed by atoms with Crippen LogP contribution in [0.25, 0.3) is 0 Å². The summed E-state index contributed by atoms with van der Waals surface area (Å²) in [6.45, 7) is 5.71. The van der Waals surface area contributed by atoms with Crippen LogP contribution in [0.4, 0.5) is 0 Å². The summed E-state index contributed by atoms with van der Waals surface area (Å²) < 4.78 is 0. The van der Waals surface area contributed by atoms with Gasteiger partial charge in [-0.2, -0.15) is 0 Å². The van der Waals surface area contributed by atoms with Gasteiger partial charge in [-0.3, -0.25) is 9.59 Å². The second kappa shape index (κ2) is 6.92. The predicted octanol–water partition coefficient (Wildman–Crippen LogP) is 2.96. The van der Waals surface area contributed by atoms with Gasteiger partial charge in [0.2, 0.25) is 5.91 Å². The van der Waals surface area contributed by atoms with Gasteiger partial charge in [0.05, 0.1) is 6.42 Å². The number of hydrogen-bond donors (Lipinski definition) is 2. The molecule has 1 atom stereocenters. The van der Waals surface area contributed by atoms with Crippen molar-refractivity contribution in [3.05, 3.63) is 0 Å². The molecule has 1 fully saturated rings. The first-order valence-corrected chi connectivity index (χ1v) is 7.36. The molecule has 0 saturated heterocycles. The number of rotatable bonds is 7. The van der Waals surface area contributed by atoms with Crippen molar-refractivity contribution in [1.82, 2.24) is 5.32 Å². The lowest BCUT2D eigenvalue weighted by atomic mass is 9.85. The highest BCUT2D eigenvalue weighted by Gasteiger charge is 2.32. The van der Waals surface area contributed by atoms with E-state index in [9.17, 15) is 9.59 Å². The summed E-state index contributed by atoms with van der Waals surface area (Å²) in [6.07, 6.45) is 6.48. The van der Waals surface area contributed by atoms with Crippen LogP contribution < -0.4 is 5.32 Å². The van der Waals surface area contributed by atoms with Crippen molar-refractivity contribution in [3.63, 3.8) is 0 Å². The normalized spacial score (nSPS) is 19.4. The van der Waals surface area contributed by atoms with Crippen LogP contribution in [-0.2, 0) is 9.59 Å². The zero-order valence-corrected chi connectivity index (χ0v) is 12.4. The van der Waals surface area contributed by atoms with E-state index in [0.29, 0.717) is 12.3 Å². The highest BCUT2D eigenvalue weighted by Crippen LogP contribution is 2.29. The maximum Gasteiger partial charge on any atom is 0.305 e. The molecule has 0 heterocycles. The molecular formula is C15H27NO3. The maximum atomic E-state index is 12.0. The maximum absolute atomic E-state index is 12.0. The molecule has 19 heavy (non-hydrogen) atoms. The lowest BCUT2D eigenvalue weighted by Gasteiger charge is -2.33. The fourth-order valence-electron chi connectivity index (χ4n) is 2.72. The van der Waals surface area contributed by atoms with Crippen LogP contribution in [0.3, 0.4) is 0 Å². The smallest absolute Gasteiger partial charge is 0.305 e. The number of nitrogens with one attached hydrogen (secondary N) is 1. The fraction of sp³-hybridized carbons (Fsp3) is 0.867. The van der Waals surface area contributed by atoms with Gasteiger partial charge in [-0.05, 0) is 25.2 Å². The highest BCUT2D eigenvalue weighted by molar-refractivity contribution is 5.78. The van der Waals surface area contributed by atoms with E-state index < -0.39 is 11.5 Å². The molecule has 2 N–H and O–H groups in total. The summed E-state index contributed by atoms with van der Waals surface area (Å²) in [5, 5.41) is 11.9. The van der Waals surface area contributed by atoms with Crippen molar-refractivity contribution >= 4 is 11.9 Å². The van der Waals surface area contributed by atoms with Gasteiger partial charge in [0, 0.05) is 12.0 Å². The Balaban J connectivity index is 2.44. The fourth-order valence-corrected chi connectivity index (χ4v) is 2.72. The van der Waals surface area contributed by atoms with E-state index in [1.165, 1.54) is 25.7 Å². The summed E-state index contributed by atoms with van der Waals surface area (Å²) >= 11 is 0. The zero-order valence-electron chi connectivity index (χ0n) is 12.4. The average molecular weight is 269 g/mol. The molecule has 4 nitrogen and oxygen atoms in total. The van der Waals surface area contributed by atoms with Crippen molar-refractivity contribution in [2.45, 2.75) is 71.3 Å². The predicted molar refractivity (Wildman–Crippen MR) is 74.8 cm³/mol. The van der Waals surface area contributed by atoms with E-state index in [-0.39, 0.29) is 18.2 Å². The number of carboxylic acids is 1. The molecule has 1 unspecified atom stereocenters. The van der Waals surface area contributed by atoms with E-state index in [2.05, 4.69) is 5.32 Å². The molecular weight excluding hydrogens is 242 g/mol. The van der Waals surface area contributed by atoms with Crippen molar-refractivity contribution in [2.75, 3.05) is 0 Å². The summed E-state index contributed by atoms with van der Waals surface area (Å²) in [4.78, 5) is 22.9. The standard InChI is InChI=1S/C15H27NO3/c1-11(2)15(3,10-14(18)19)16-13(17)9-8-12-6-4-5-7-12/h11-12H,4-10H2,1-3H3,(H,16,17)(H,18,19). The first-order chi connectivity index (χ1) is 8.83. The summed E-state index contributed by atoms with van der Waals surface area (Å²) in [7, 11) is 0. The molecule has 4 heteroatoms. The molecule has 1 amide bonds. The second-order valence-corrected chi connectivity index (χ2v) is 6.38. The van der Waals surface area contributed by atoms with Crippen LogP contribution in [-0.4, -0.2) is 22.5 Å². The third-order valence-electron chi connectivity index (χ3n) is 4.47. The van der Waals surface area contributed by atoms with Gasteiger partial charge in [0.25, 0.3) is 0 Å². The molecule has 0 aliphatic heterocycles. The quantitative estimate of drug-likeness (QED) is 0.746. The molecule has 0 aromatic carbocycles. The highest BCUT2D eigenvalue weighted by atomic mass is 16.4. The van der Waals surface area contributed by atoms with Gasteiger partial charge < -0.3 is 10.4 Å². The lowest BCUT2D eigenvalue weighted by molar-refractivity contribution is -0.139.